The molecular formula is C19H32N4O. The Morgan fingerprint density at radius 2 is 2.00 bits per heavy atom. The highest BCUT2D eigenvalue weighted by molar-refractivity contribution is 5.75. The fraction of sp³-hybridized carbons (Fsp3) is 0.789. The molecule has 0 aliphatic heterocycles. The molecule has 1 fully saturated rings. The summed E-state index contributed by atoms with van der Waals surface area (Å²) >= 11 is 0. The van der Waals surface area contributed by atoms with Crippen molar-refractivity contribution in [1.82, 2.24) is 20.6 Å². The molecule has 0 spiro atoms. The summed E-state index contributed by atoms with van der Waals surface area (Å²) in [5, 5.41) is 6.37. The molecule has 0 aromatic carbocycles. The van der Waals surface area contributed by atoms with Gasteiger partial charge in [-0.3, -0.25) is 0 Å². The van der Waals surface area contributed by atoms with Gasteiger partial charge in [-0.25, -0.2) is 9.78 Å². The maximum atomic E-state index is 12.4. The Hall–Kier alpha value is -1.52. The van der Waals surface area contributed by atoms with Gasteiger partial charge in [-0.2, -0.15) is 0 Å². The van der Waals surface area contributed by atoms with Gasteiger partial charge in [-0.05, 0) is 39.0 Å². The summed E-state index contributed by atoms with van der Waals surface area (Å²) in [5.41, 5.74) is 2.18. The molecule has 5 heteroatoms. The molecule has 2 aliphatic rings. The topological polar surface area (TPSA) is 69.8 Å². The summed E-state index contributed by atoms with van der Waals surface area (Å²) in [6.45, 7) is 4.32. The molecule has 134 valence electrons. The van der Waals surface area contributed by atoms with E-state index in [-0.39, 0.29) is 17.6 Å². The van der Waals surface area contributed by atoms with E-state index in [1.807, 2.05) is 0 Å². The highest BCUT2D eigenvalue weighted by atomic mass is 16.2. The van der Waals surface area contributed by atoms with Crippen LogP contribution in [0.2, 0.25) is 0 Å². The minimum Gasteiger partial charge on any atom is -0.348 e. The summed E-state index contributed by atoms with van der Waals surface area (Å²) in [6, 6.07) is 0.174. The lowest BCUT2D eigenvalue weighted by Gasteiger charge is -2.32. The molecule has 5 nitrogen and oxygen atoms in total. The van der Waals surface area contributed by atoms with Gasteiger partial charge in [0.15, 0.2) is 0 Å². The van der Waals surface area contributed by atoms with Gasteiger partial charge in [0, 0.05) is 23.7 Å². The molecule has 0 saturated heterocycles. The molecule has 1 heterocycles. The molecule has 1 atom stereocenters. The molecule has 1 saturated carbocycles. The Morgan fingerprint density at radius 3 is 2.75 bits per heavy atom. The normalized spacial score (nSPS) is 22.5. The van der Waals surface area contributed by atoms with Gasteiger partial charge in [-0.1, -0.05) is 38.5 Å². The molecule has 3 N–H and O–H groups in total. The lowest BCUT2D eigenvalue weighted by atomic mass is 9.86. The first-order chi connectivity index (χ1) is 11.5. The molecule has 1 aromatic rings. The van der Waals surface area contributed by atoms with Crippen LogP contribution in [-0.2, 0) is 12.8 Å². The van der Waals surface area contributed by atoms with Crippen LogP contribution in [0.25, 0.3) is 0 Å². The first-order valence-electron chi connectivity index (χ1n) is 9.62. The van der Waals surface area contributed by atoms with Crippen molar-refractivity contribution < 1.29 is 4.79 Å². The van der Waals surface area contributed by atoms with Gasteiger partial charge >= 0.3 is 6.03 Å². The first kappa shape index (κ1) is 17.3. The van der Waals surface area contributed by atoms with Gasteiger partial charge < -0.3 is 15.6 Å². The van der Waals surface area contributed by atoms with E-state index in [2.05, 4.69) is 34.4 Å². The Balaban J connectivity index is 1.46. The third kappa shape index (κ3) is 4.74. The molecule has 2 amide bonds. The van der Waals surface area contributed by atoms with E-state index in [9.17, 15) is 4.79 Å². The van der Waals surface area contributed by atoms with Crippen molar-refractivity contribution >= 4 is 6.03 Å². The van der Waals surface area contributed by atoms with Crippen molar-refractivity contribution in [2.24, 2.45) is 5.92 Å². The van der Waals surface area contributed by atoms with E-state index in [1.165, 1.54) is 44.2 Å². The van der Waals surface area contributed by atoms with Gasteiger partial charge in [0.1, 0.15) is 0 Å². The molecule has 0 bridgehead atoms. The number of nitrogens with zero attached hydrogens (tertiary/aromatic N) is 1. The zero-order chi connectivity index (χ0) is 17.0. The van der Waals surface area contributed by atoms with Crippen LogP contribution in [0.4, 0.5) is 4.79 Å². The molecule has 1 aromatic heterocycles. The second-order valence-electron chi connectivity index (χ2n) is 8.31. The Labute approximate surface area is 145 Å². The first-order valence-corrected chi connectivity index (χ1v) is 9.62. The number of aryl methyl sites for hydroxylation is 1. The monoisotopic (exact) mass is 332 g/mol. The number of aromatic amines is 1. The third-order valence-corrected chi connectivity index (χ3v) is 5.55. The zero-order valence-corrected chi connectivity index (χ0v) is 15.2. The number of fused-ring (bicyclic) bond motifs is 1. The average Bonchev–Trinajstić information content (AvgIpc) is 2.82. The Morgan fingerprint density at radius 1 is 1.25 bits per heavy atom. The average molecular weight is 332 g/mol. The Kier molecular flexibility index (Phi) is 5.47. The van der Waals surface area contributed by atoms with Gasteiger partial charge in [0.2, 0.25) is 0 Å². The molecule has 1 unspecified atom stereocenters. The van der Waals surface area contributed by atoms with Crippen molar-refractivity contribution in [1.29, 1.82) is 0 Å². The summed E-state index contributed by atoms with van der Waals surface area (Å²) in [6.07, 6.45) is 13.7. The molecule has 2 aliphatic carbocycles. The van der Waals surface area contributed by atoms with E-state index in [0.29, 0.717) is 0 Å². The van der Waals surface area contributed by atoms with Crippen LogP contribution in [0, 0.1) is 5.92 Å². The number of nitrogens with one attached hydrogen (secondary N) is 3. The summed E-state index contributed by atoms with van der Waals surface area (Å²) < 4.78 is 0. The minimum absolute atomic E-state index is 0.0263. The van der Waals surface area contributed by atoms with Crippen LogP contribution in [0.5, 0.6) is 0 Å². The fourth-order valence-corrected chi connectivity index (χ4v) is 4.39. The standard InChI is InChI=1S/C19H32N4O/c1-19(2,12-14-7-5-3-4-6-8-14)23-18(24)22-15-9-10-16-17(11-15)21-13-20-16/h13-15H,3-12H2,1-2H3,(H,20,21)(H2,22,23,24). The second-order valence-corrected chi connectivity index (χ2v) is 8.31. The smallest absolute Gasteiger partial charge is 0.315 e. The lowest BCUT2D eigenvalue weighted by molar-refractivity contribution is 0.214. The molecule has 0 radical (unpaired) electrons. The highest BCUT2D eigenvalue weighted by Crippen LogP contribution is 2.29. The van der Waals surface area contributed by atoms with Gasteiger partial charge in [0.25, 0.3) is 0 Å². The van der Waals surface area contributed by atoms with Crippen LogP contribution in [0.3, 0.4) is 0 Å². The maximum absolute atomic E-state index is 12.4. The number of H-pyrrole nitrogens is 1. The number of aromatic nitrogens is 2. The molecular weight excluding hydrogens is 300 g/mol. The van der Waals surface area contributed by atoms with E-state index in [0.717, 1.165) is 37.3 Å². The van der Waals surface area contributed by atoms with Crippen LogP contribution in [-0.4, -0.2) is 27.6 Å². The lowest BCUT2D eigenvalue weighted by Crippen LogP contribution is -2.52. The number of carbonyl (C=O) groups is 1. The number of amides is 2. The SMILES string of the molecule is CC(C)(CC1CCCCCC1)NC(=O)NC1CCc2nc[nH]c2C1. The number of hydrogen-bond donors (Lipinski definition) is 3. The van der Waals surface area contributed by atoms with Crippen molar-refractivity contribution in [2.75, 3.05) is 0 Å². The number of rotatable bonds is 4. The van der Waals surface area contributed by atoms with Crippen molar-refractivity contribution in [3.63, 3.8) is 0 Å². The predicted molar refractivity (Wildman–Crippen MR) is 96.0 cm³/mol. The summed E-state index contributed by atoms with van der Waals surface area (Å²) in [5.74, 6) is 0.755. The summed E-state index contributed by atoms with van der Waals surface area (Å²) in [7, 11) is 0. The van der Waals surface area contributed by atoms with E-state index in [1.54, 1.807) is 6.33 Å². The largest absolute Gasteiger partial charge is 0.348 e. The van der Waals surface area contributed by atoms with E-state index >= 15 is 0 Å². The van der Waals surface area contributed by atoms with Crippen molar-refractivity contribution in [3.8, 4) is 0 Å². The summed E-state index contributed by atoms with van der Waals surface area (Å²) in [4.78, 5) is 19.9. The molecule has 24 heavy (non-hydrogen) atoms. The number of urea groups is 1. The number of hydrogen-bond acceptors (Lipinski definition) is 2. The van der Waals surface area contributed by atoms with Crippen molar-refractivity contribution in [2.45, 2.75) is 89.6 Å². The van der Waals surface area contributed by atoms with E-state index < -0.39 is 0 Å². The Bertz CT molecular complexity index is 543. The second kappa shape index (κ2) is 7.58. The minimum atomic E-state index is -0.146. The van der Waals surface area contributed by atoms with Crippen LogP contribution < -0.4 is 10.6 Å². The maximum Gasteiger partial charge on any atom is 0.315 e. The van der Waals surface area contributed by atoms with Gasteiger partial charge in [0.05, 0.1) is 12.0 Å². The van der Waals surface area contributed by atoms with Crippen molar-refractivity contribution in [3.05, 3.63) is 17.7 Å². The van der Waals surface area contributed by atoms with Crippen LogP contribution in [0.15, 0.2) is 6.33 Å². The van der Waals surface area contributed by atoms with Crippen LogP contribution in [0.1, 0.15) is 76.6 Å². The highest BCUT2D eigenvalue weighted by Gasteiger charge is 2.27. The van der Waals surface area contributed by atoms with Gasteiger partial charge in [-0.15, -0.1) is 0 Å². The number of carbonyl (C=O) groups excluding carboxylic acids is 1. The quantitative estimate of drug-likeness (QED) is 0.736. The molecule has 3 rings (SSSR count). The third-order valence-electron chi connectivity index (χ3n) is 5.55. The van der Waals surface area contributed by atoms with E-state index in [4.69, 9.17) is 0 Å². The fourth-order valence-electron chi connectivity index (χ4n) is 4.39. The number of imidazole rings is 1. The van der Waals surface area contributed by atoms with Crippen LogP contribution >= 0.6 is 0 Å². The predicted octanol–water partition coefficient (Wildman–Crippen LogP) is 3.71. The zero-order valence-electron chi connectivity index (χ0n) is 15.2.